The quantitative estimate of drug-likeness (QED) is 0.531. The van der Waals surface area contributed by atoms with Crippen molar-refractivity contribution in [2.45, 2.75) is 45.2 Å². The lowest BCUT2D eigenvalue weighted by Crippen LogP contribution is -2.49. The normalized spacial score (nSPS) is 18.9. The predicted molar refractivity (Wildman–Crippen MR) is 110 cm³/mol. The van der Waals surface area contributed by atoms with Crippen molar-refractivity contribution in [3.8, 4) is 22.6 Å². The van der Waals surface area contributed by atoms with Gasteiger partial charge in [0.2, 0.25) is 0 Å². The molecule has 0 radical (unpaired) electrons. The van der Waals surface area contributed by atoms with Crippen LogP contribution < -0.4 is 9.47 Å². The number of carbonyl (C=O) groups is 1. The first-order chi connectivity index (χ1) is 13.9. The number of hydrogen-bond acceptors (Lipinski definition) is 5. The van der Waals surface area contributed by atoms with Crippen LogP contribution in [0.4, 0.5) is 5.69 Å². The van der Waals surface area contributed by atoms with E-state index in [1.54, 1.807) is 37.4 Å². The molecule has 0 unspecified atom stereocenters. The molecule has 1 aliphatic heterocycles. The summed E-state index contributed by atoms with van der Waals surface area (Å²) in [5.74, 6) is 1.06. The molecular weight excluding hydrogens is 372 g/mol. The Morgan fingerprint density at radius 1 is 1.14 bits per heavy atom. The summed E-state index contributed by atoms with van der Waals surface area (Å²) in [5, 5.41) is 11.2. The molecule has 0 aliphatic carbocycles. The molecule has 0 aromatic heterocycles. The van der Waals surface area contributed by atoms with Gasteiger partial charge in [-0.15, -0.1) is 0 Å². The molecular formula is C22H26N2O5. The molecule has 0 saturated carbocycles. The maximum atomic E-state index is 12.8. The summed E-state index contributed by atoms with van der Waals surface area (Å²) in [5.41, 5.74) is 1.28. The molecule has 7 nitrogen and oxygen atoms in total. The fourth-order valence-electron chi connectivity index (χ4n) is 3.88. The number of methoxy groups -OCH3 is 1. The van der Waals surface area contributed by atoms with Gasteiger partial charge in [-0.1, -0.05) is 12.1 Å². The van der Waals surface area contributed by atoms with Crippen molar-refractivity contribution in [3.63, 3.8) is 0 Å². The van der Waals surface area contributed by atoms with E-state index in [4.69, 9.17) is 9.47 Å². The molecule has 7 heteroatoms. The third-order valence-corrected chi connectivity index (χ3v) is 5.41. The number of amides is 1. The van der Waals surface area contributed by atoms with Crippen LogP contribution in [0.5, 0.6) is 11.5 Å². The fraction of sp³-hybridized carbons (Fsp3) is 0.409. The Balaban J connectivity index is 1.84. The standard InChI is InChI=1S/C22H26N2O5/c1-15-5-4-6-16(2)23(15)22(25)14-29-21-12-9-18(24(26)27)13-20(21)17-7-10-19(28-3)11-8-17/h7-13,15-16H,4-6,14H2,1-3H3/t15-,16-/m0/s1. The lowest BCUT2D eigenvalue weighted by atomic mass is 9.97. The molecule has 0 bridgehead atoms. The van der Waals surface area contributed by atoms with Crippen molar-refractivity contribution in [1.82, 2.24) is 4.90 Å². The van der Waals surface area contributed by atoms with Crippen LogP contribution in [-0.4, -0.2) is 41.5 Å². The number of nitro groups is 1. The smallest absolute Gasteiger partial charge is 0.270 e. The topological polar surface area (TPSA) is 81.9 Å². The minimum Gasteiger partial charge on any atom is -0.497 e. The van der Waals surface area contributed by atoms with E-state index in [-0.39, 0.29) is 30.3 Å². The summed E-state index contributed by atoms with van der Waals surface area (Å²) in [6.45, 7) is 4.01. The maximum absolute atomic E-state index is 12.8. The van der Waals surface area contributed by atoms with Crippen molar-refractivity contribution >= 4 is 11.6 Å². The second kappa shape index (κ2) is 8.94. The lowest BCUT2D eigenvalue weighted by molar-refractivity contribution is -0.384. The number of non-ortho nitro benzene ring substituents is 1. The lowest BCUT2D eigenvalue weighted by Gasteiger charge is -2.39. The van der Waals surface area contributed by atoms with E-state index in [2.05, 4.69) is 13.8 Å². The van der Waals surface area contributed by atoms with Gasteiger partial charge in [0.1, 0.15) is 11.5 Å². The monoisotopic (exact) mass is 398 g/mol. The Morgan fingerprint density at radius 3 is 2.38 bits per heavy atom. The van der Waals surface area contributed by atoms with Gasteiger partial charge in [-0.2, -0.15) is 0 Å². The minimum absolute atomic E-state index is 0.0345. The second-order valence-corrected chi connectivity index (χ2v) is 7.38. The number of ether oxygens (including phenoxy) is 2. The summed E-state index contributed by atoms with van der Waals surface area (Å²) >= 11 is 0. The highest BCUT2D eigenvalue weighted by atomic mass is 16.6. The molecule has 1 amide bonds. The van der Waals surface area contributed by atoms with E-state index in [0.29, 0.717) is 17.1 Å². The van der Waals surface area contributed by atoms with Gasteiger partial charge in [0.25, 0.3) is 11.6 Å². The van der Waals surface area contributed by atoms with E-state index in [1.165, 1.54) is 12.1 Å². The van der Waals surface area contributed by atoms with E-state index in [0.717, 1.165) is 24.8 Å². The Hall–Kier alpha value is -3.09. The molecule has 3 rings (SSSR count). The van der Waals surface area contributed by atoms with Crippen molar-refractivity contribution in [3.05, 3.63) is 52.6 Å². The Kier molecular flexibility index (Phi) is 6.36. The molecule has 154 valence electrons. The molecule has 2 aromatic rings. The van der Waals surface area contributed by atoms with Crippen molar-refractivity contribution < 1.29 is 19.2 Å². The summed E-state index contributed by atoms with van der Waals surface area (Å²) in [7, 11) is 1.57. The Morgan fingerprint density at radius 2 is 1.79 bits per heavy atom. The van der Waals surface area contributed by atoms with Crippen LogP contribution >= 0.6 is 0 Å². The average Bonchev–Trinajstić information content (AvgIpc) is 2.72. The summed E-state index contributed by atoms with van der Waals surface area (Å²) in [4.78, 5) is 25.4. The van der Waals surface area contributed by atoms with Crippen LogP contribution in [0, 0.1) is 10.1 Å². The molecule has 1 saturated heterocycles. The number of hydrogen-bond donors (Lipinski definition) is 0. The van der Waals surface area contributed by atoms with E-state index in [1.807, 2.05) is 4.90 Å². The SMILES string of the molecule is COc1ccc(-c2cc([N+](=O)[O-])ccc2OCC(=O)N2[C@@H](C)CCC[C@@H]2C)cc1. The molecule has 0 N–H and O–H groups in total. The van der Waals surface area contributed by atoms with Gasteiger partial charge >= 0.3 is 0 Å². The van der Waals surface area contributed by atoms with Crippen LogP contribution in [0.2, 0.25) is 0 Å². The first kappa shape index (κ1) is 20.6. The number of nitro benzene ring substituents is 1. The zero-order chi connectivity index (χ0) is 21.0. The molecule has 2 atom stereocenters. The zero-order valence-corrected chi connectivity index (χ0v) is 17.0. The highest BCUT2D eigenvalue weighted by molar-refractivity contribution is 5.79. The molecule has 29 heavy (non-hydrogen) atoms. The number of benzene rings is 2. The van der Waals surface area contributed by atoms with Crippen LogP contribution in [0.3, 0.4) is 0 Å². The molecule has 1 heterocycles. The largest absolute Gasteiger partial charge is 0.497 e. The van der Waals surface area contributed by atoms with Crippen molar-refractivity contribution in [2.75, 3.05) is 13.7 Å². The third kappa shape index (κ3) is 4.67. The first-order valence-electron chi connectivity index (χ1n) is 9.77. The predicted octanol–water partition coefficient (Wildman–Crippen LogP) is 4.44. The zero-order valence-electron chi connectivity index (χ0n) is 17.0. The van der Waals surface area contributed by atoms with Crippen molar-refractivity contribution in [2.24, 2.45) is 0 Å². The highest BCUT2D eigenvalue weighted by Gasteiger charge is 2.29. The summed E-state index contributed by atoms with van der Waals surface area (Å²) in [6.07, 6.45) is 3.10. The molecule has 1 fully saturated rings. The molecule has 2 aromatic carbocycles. The Labute approximate surface area is 170 Å². The number of piperidine rings is 1. The Bertz CT molecular complexity index is 871. The molecule has 1 aliphatic rings. The fourth-order valence-corrected chi connectivity index (χ4v) is 3.88. The van der Waals surface area contributed by atoms with E-state index in [9.17, 15) is 14.9 Å². The first-order valence-corrected chi connectivity index (χ1v) is 9.77. The van der Waals surface area contributed by atoms with E-state index < -0.39 is 4.92 Å². The number of carbonyl (C=O) groups excluding carboxylic acids is 1. The van der Waals surface area contributed by atoms with E-state index >= 15 is 0 Å². The van der Waals surface area contributed by atoms with Gasteiger partial charge in [0.15, 0.2) is 6.61 Å². The number of rotatable bonds is 6. The van der Waals surface area contributed by atoms with Gasteiger partial charge in [-0.05, 0) is 56.9 Å². The van der Waals surface area contributed by atoms with Crippen LogP contribution in [-0.2, 0) is 4.79 Å². The van der Waals surface area contributed by atoms with Crippen molar-refractivity contribution in [1.29, 1.82) is 0 Å². The van der Waals surface area contributed by atoms with Gasteiger partial charge in [0, 0.05) is 29.8 Å². The van der Waals surface area contributed by atoms with Crippen LogP contribution in [0.15, 0.2) is 42.5 Å². The number of nitrogens with zero attached hydrogens (tertiary/aromatic N) is 2. The van der Waals surface area contributed by atoms with Gasteiger partial charge < -0.3 is 14.4 Å². The minimum atomic E-state index is -0.445. The van der Waals surface area contributed by atoms with Gasteiger partial charge in [-0.25, -0.2) is 0 Å². The second-order valence-electron chi connectivity index (χ2n) is 7.38. The van der Waals surface area contributed by atoms with Crippen LogP contribution in [0.1, 0.15) is 33.1 Å². The summed E-state index contributed by atoms with van der Waals surface area (Å²) < 4.78 is 11.0. The van der Waals surface area contributed by atoms with Crippen LogP contribution in [0.25, 0.3) is 11.1 Å². The summed E-state index contributed by atoms with van der Waals surface area (Å²) in [6, 6.07) is 11.9. The van der Waals surface area contributed by atoms with Gasteiger partial charge in [0.05, 0.1) is 12.0 Å². The van der Waals surface area contributed by atoms with Gasteiger partial charge in [-0.3, -0.25) is 14.9 Å². The molecule has 0 spiro atoms. The highest BCUT2D eigenvalue weighted by Crippen LogP contribution is 2.34. The maximum Gasteiger partial charge on any atom is 0.270 e. The number of likely N-dealkylation sites (tertiary alicyclic amines) is 1. The third-order valence-electron chi connectivity index (χ3n) is 5.41. The average molecular weight is 398 g/mol.